The van der Waals surface area contributed by atoms with Crippen LogP contribution in [0.5, 0.6) is 0 Å². The van der Waals surface area contributed by atoms with E-state index in [2.05, 4.69) is 15.8 Å². The summed E-state index contributed by atoms with van der Waals surface area (Å²) in [5, 5.41) is 8.92. The quantitative estimate of drug-likeness (QED) is 0.114. The van der Waals surface area contributed by atoms with Gasteiger partial charge in [-0.1, -0.05) is 0 Å². The molecule has 0 fully saturated rings. The lowest BCUT2D eigenvalue weighted by atomic mass is 11.1. The van der Waals surface area contributed by atoms with Crippen molar-refractivity contribution >= 4 is 5.96 Å². The number of hydrogen-bond acceptors (Lipinski definition) is 5. The van der Waals surface area contributed by atoms with Crippen molar-refractivity contribution in [1.29, 1.82) is 5.41 Å². The van der Waals surface area contributed by atoms with Crippen LogP contribution in [0.1, 0.15) is 0 Å². The molecule has 0 aromatic carbocycles. The summed E-state index contributed by atoms with van der Waals surface area (Å²) >= 11 is 0. The Bertz CT molecular complexity index is 162. The molecule has 0 saturated heterocycles. The SMILES string of the molecule is [N-]=[N+]=NC(=N)N.[O-][Cl+3]([O-])([O-])O. The molecule has 0 saturated carbocycles. The summed E-state index contributed by atoms with van der Waals surface area (Å²) in [7, 11) is -4.69. The molecule has 0 aromatic rings. The molecule has 0 aromatic heterocycles. The van der Waals surface area contributed by atoms with Crippen molar-refractivity contribution in [2.45, 2.75) is 0 Å². The van der Waals surface area contributed by atoms with Crippen LogP contribution in [0.4, 0.5) is 0 Å². The molecule has 0 amide bonds. The zero-order valence-electron chi connectivity index (χ0n) is 4.97. The van der Waals surface area contributed by atoms with E-state index in [1.54, 1.807) is 0 Å². The molecule has 0 bridgehead atoms. The fourth-order valence-electron chi connectivity index (χ4n) is 0.0482. The molecule has 0 spiro atoms. The van der Waals surface area contributed by atoms with Gasteiger partial charge in [0.1, 0.15) is 0 Å². The minimum Gasteiger partial charge on any atom is -0.382 e. The number of halogens is 1. The molecule has 11 heavy (non-hydrogen) atoms. The number of azide groups is 1. The van der Waals surface area contributed by atoms with Crippen LogP contribution >= 0.6 is 0 Å². The van der Waals surface area contributed by atoms with Crippen molar-refractivity contribution in [1.82, 2.24) is 0 Å². The highest BCUT2D eigenvalue weighted by Crippen LogP contribution is 1.61. The summed E-state index contributed by atoms with van der Waals surface area (Å²) in [6.45, 7) is 0. The number of nitrogens with zero attached hydrogens (tertiary/aromatic N) is 3. The van der Waals surface area contributed by atoms with Crippen molar-refractivity contribution in [3.63, 3.8) is 0 Å². The molecular formula is CH4ClN5O4. The first-order valence-electron chi connectivity index (χ1n) is 1.79. The van der Waals surface area contributed by atoms with Crippen LogP contribution in [-0.2, 0) is 0 Å². The molecule has 0 unspecified atom stereocenters. The first-order chi connectivity index (χ1) is 4.77. The van der Waals surface area contributed by atoms with Gasteiger partial charge in [0.05, 0.1) is 14.9 Å². The Morgan fingerprint density at radius 3 is 1.91 bits per heavy atom. The van der Waals surface area contributed by atoms with Gasteiger partial charge in [-0.15, -0.1) is 0 Å². The highest BCUT2D eigenvalue weighted by Gasteiger charge is 1.98. The Morgan fingerprint density at radius 2 is 1.91 bits per heavy atom. The maximum atomic E-state index is 8.60. The maximum absolute atomic E-state index is 8.60. The van der Waals surface area contributed by atoms with Crippen LogP contribution < -0.4 is 19.7 Å². The smallest absolute Gasteiger partial charge is 0.179 e. The summed E-state index contributed by atoms with van der Waals surface area (Å²) in [5.41, 5.74) is 12.0. The van der Waals surface area contributed by atoms with Crippen LogP contribution in [0, 0.1) is 15.7 Å². The van der Waals surface area contributed by atoms with Crippen LogP contribution in [0.3, 0.4) is 0 Å². The van der Waals surface area contributed by atoms with Crippen molar-refractivity contribution < 1.29 is 28.9 Å². The topological polar surface area (TPSA) is 188 Å². The number of hydrogen-bond donors (Lipinski definition) is 3. The van der Waals surface area contributed by atoms with Gasteiger partial charge in [-0.05, 0) is 10.6 Å². The van der Waals surface area contributed by atoms with E-state index in [0.717, 1.165) is 0 Å². The van der Waals surface area contributed by atoms with Crippen molar-refractivity contribution in [3.8, 4) is 0 Å². The summed E-state index contributed by atoms with van der Waals surface area (Å²) in [4.78, 5) is 2.21. The summed E-state index contributed by atoms with van der Waals surface area (Å²) in [6.07, 6.45) is 0. The molecule has 0 rings (SSSR count). The van der Waals surface area contributed by atoms with E-state index in [1.807, 2.05) is 0 Å². The Balaban J connectivity index is 0. The molecule has 0 atom stereocenters. The maximum Gasteiger partial charge on any atom is 0.179 e. The highest BCUT2D eigenvalue weighted by atomic mass is 35.7. The third kappa shape index (κ3) is 117. The lowest BCUT2D eigenvalue weighted by molar-refractivity contribution is -1.92. The summed E-state index contributed by atoms with van der Waals surface area (Å²) < 4.78 is 32.7. The molecule has 0 radical (unpaired) electrons. The second-order valence-electron chi connectivity index (χ2n) is 0.971. The van der Waals surface area contributed by atoms with Gasteiger partial charge in [0.25, 0.3) is 0 Å². The Kier molecular flexibility index (Phi) is 6.49. The monoisotopic (exact) mass is 185 g/mol. The fraction of sp³-hybridized carbons (Fsp3) is 0. The van der Waals surface area contributed by atoms with Gasteiger partial charge < -0.3 is 5.73 Å². The van der Waals surface area contributed by atoms with E-state index in [1.165, 1.54) is 0 Å². The van der Waals surface area contributed by atoms with Gasteiger partial charge in [0.15, 0.2) is 5.96 Å². The Labute approximate surface area is 62.5 Å². The average molecular weight is 186 g/mol. The van der Waals surface area contributed by atoms with Gasteiger partial charge in [0.2, 0.25) is 0 Å². The molecule has 4 N–H and O–H groups in total. The molecule has 64 valence electrons. The van der Waals surface area contributed by atoms with Gasteiger partial charge in [-0.25, -0.2) is 0 Å². The zero-order chi connectivity index (χ0) is 9.49. The third-order valence-corrected chi connectivity index (χ3v) is 0.152. The molecule has 0 aliphatic heterocycles. The minimum atomic E-state index is -4.69. The predicted octanol–water partition coefficient (Wildman–Crippen LogP) is -3.93. The van der Waals surface area contributed by atoms with Crippen LogP contribution in [0.15, 0.2) is 5.11 Å². The van der Waals surface area contributed by atoms with Gasteiger partial charge in [0, 0.05) is 4.91 Å². The molecular weight excluding hydrogens is 181 g/mol. The molecule has 0 aliphatic rings. The van der Waals surface area contributed by atoms with Crippen molar-refractivity contribution in [2.75, 3.05) is 0 Å². The number of nitrogens with one attached hydrogen (secondary N) is 1. The lowest BCUT2D eigenvalue weighted by Gasteiger charge is -2.03. The minimum absolute atomic E-state index is 0.502. The van der Waals surface area contributed by atoms with Crippen LogP contribution in [-0.4, -0.2) is 10.6 Å². The first-order valence-corrected chi connectivity index (χ1v) is 3.06. The number of guanidine groups is 1. The molecule has 10 heteroatoms. The van der Waals surface area contributed by atoms with Gasteiger partial charge >= 0.3 is 0 Å². The summed E-state index contributed by atoms with van der Waals surface area (Å²) in [6, 6.07) is 0. The lowest BCUT2D eigenvalue weighted by Crippen LogP contribution is -2.58. The van der Waals surface area contributed by atoms with Gasteiger partial charge in [-0.2, -0.15) is 14.0 Å². The highest BCUT2D eigenvalue weighted by molar-refractivity contribution is 5.74. The summed E-state index contributed by atoms with van der Waals surface area (Å²) in [5.74, 6) is -0.502. The van der Waals surface area contributed by atoms with E-state index in [9.17, 15) is 0 Å². The Morgan fingerprint density at radius 1 is 1.64 bits per heavy atom. The Hall–Kier alpha value is -1.09. The average Bonchev–Trinajstić information content (AvgIpc) is 1.58. The van der Waals surface area contributed by atoms with Crippen molar-refractivity contribution in [3.05, 3.63) is 10.4 Å². The van der Waals surface area contributed by atoms with E-state index in [0.29, 0.717) is 0 Å². The van der Waals surface area contributed by atoms with Crippen molar-refractivity contribution in [2.24, 2.45) is 10.8 Å². The zero-order valence-corrected chi connectivity index (χ0v) is 5.72. The predicted molar refractivity (Wildman–Crippen MR) is 23.3 cm³/mol. The first kappa shape index (κ1) is 12.6. The standard InChI is InChI=1S/CH3N5.ClHO4/c2-1(3)5-6-4;2-1(3,4)5/h(H3,2,3);(H,2,3,4,5). The van der Waals surface area contributed by atoms with E-state index >= 15 is 0 Å². The molecule has 0 aliphatic carbocycles. The second kappa shape index (κ2) is 5.68. The van der Waals surface area contributed by atoms with Crippen LogP contribution in [0.2, 0.25) is 0 Å². The molecule has 9 nitrogen and oxygen atoms in total. The fourth-order valence-corrected chi connectivity index (χ4v) is 0.0482. The van der Waals surface area contributed by atoms with Crippen LogP contribution in [0.25, 0.3) is 10.4 Å². The normalized spacial score (nSPS) is 8.73. The number of nitrogens with two attached hydrogens (primary N) is 1. The van der Waals surface area contributed by atoms with E-state index in [4.69, 9.17) is 29.6 Å². The largest absolute Gasteiger partial charge is 0.382 e. The van der Waals surface area contributed by atoms with E-state index < -0.39 is 16.2 Å². The second-order valence-corrected chi connectivity index (χ2v) is 1.76. The van der Waals surface area contributed by atoms with E-state index in [-0.39, 0.29) is 0 Å². The van der Waals surface area contributed by atoms with Gasteiger partial charge in [-0.3, -0.25) is 5.41 Å². The number of rotatable bonds is 0. The molecule has 0 heterocycles. The third-order valence-electron chi connectivity index (χ3n) is 0.152.